The van der Waals surface area contributed by atoms with Crippen LogP contribution in [0.4, 0.5) is 10.5 Å². The fraction of sp³-hybridized carbons (Fsp3) is 0.636. The van der Waals surface area contributed by atoms with Crippen LogP contribution in [0.15, 0.2) is 18.2 Å². The molecule has 6 heteroatoms. The van der Waals surface area contributed by atoms with E-state index in [0.717, 1.165) is 25.9 Å². The molecule has 1 saturated heterocycles. The number of nitrogens with two attached hydrogens (primary N) is 1. The van der Waals surface area contributed by atoms with Crippen molar-refractivity contribution in [3.05, 3.63) is 23.9 Å². The lowest BCUT2D eigenvalue weighted by molar-refractivity contribution is 0.164. The molecular weight excluding hydrogens is 350 g/mol. The second kappa shape index (κ2) is 7.64. The van der Waals surface area contributed by atoms with Gasteiger partial charge in [0, 0.05) is 30.7 Å². The van der Waals surface area contributed by atoms with Gasteiger partial charge in [-0.25, -0.2) is 4.79 Å². The van der Waals surface area contributed by atoms with Gasteiger partial charge in [0.05, 0.1) is 23.3 Å². The van der Waals surface area contributed by atoms with Crippen LogP contribution in [0.3, 0.4) is 0 Å². The average molecular weight is 384 g/mol. The minimum atomic E-state index is -0.295. The number of hydrogen-bond acceptors (Lipinski definition) is 3. The topological polar surface area (TPSA) is 67.4 Å². The first-order valence-electron chi connectivity index (χ1n) is 10.8. The average Bonchev–Trinajstić information content (AvgIpc) is 2.97. The van der Waals surface area contributed by atoms with Crippen molar-refractivity contribution in [2.24, 2.45) is 11.7 Å². The molecule has 4 rings (SSSR count). The van der Waals surface area contributed by atoms with Crippen LogP contribution in [0.25, 0.3) is 10.9 Å². The number of benzene rings is 1. The van der Waals surface area contributed by atoms with E-state index >= 15 is 0 Å². The standard InChI is InChI=1S/C22H33N5O/c1-4-20-19-9-8-17(13-21(19)27(24-20)16-6-5-7-16)25-10-11-26(22(23)28)18(14-25)12-15(2)3/h8-9,13,15-16,18H,4-7,10-12,14H2,1-3H3,(H2,23,28)/t18-/m0/s1. The van der Waals surface area contributed by atoms with Gasteiger partial charge in [0.25, 0.3) is 0 Å². The van der Waals surface area contributed by atoms with E-state index in [4.69, 9.17) is 10.8 Å². The lowest BCUT2D eigenvalue weighted by atomic mass is 9.93. The highest BCUT2D eigenvalue weighted by molar-refractivity contribution is 5.85. The maximum absolute atomic E-state index is 11.9. The molecule has 0 bridgehead atoms. The van der Waals surface area contributed by atoms with E-state index in [-0.39, 0.29) is 12.1 Å². The Morgan fingerprint density at radius 3 is 2.68 bits per heavy atom. The Morgan fingerprint density at radius 1 is 1.29 bits per heavy atom. The first-order chi connectivity index (χ1) is 13.5. The van der Waals surface area contributed by atoms with Crippen LogP contribution in [0.1, 0.15) is 58.2 Å². The SMILES string of the molecule is CCc1nn(C2CCC2)c2cc(N3CCN(C(N)=O)[C@@H](CC(C)C)C3)ccc12. The first kappa shape index (κ1) is 19.1. The molecule has 1 aromatic carbocycles. The fourth-order valence-corrected chi connectivity index (χ4v) is 4.68. The molecule has 2 heterocycles. The third-order valence-corrected chi connectivity index (χ3v) is 6.40. The van der Waals surface area contributed by atoms with E-state index in [0.29, 0.717) is 18.5 Å². The molecule has 6 nitrogen and oxygen atoms in total. The molecule has 0 unspecified atom stereocenters. The van der Waals surface area contributed by atoms with Gasteiger partial charge in [0.2, 0.25) is 0 Å². The van der Waals surface area contributed by atoms with Crippen molar-refractivity contribution in [3.8, 4) is 0 Å². The van der Waals surface area contributed by atoms with Crippen molar-refractivity contribution in [1.29, 1.82) is 0 Å². The van der Waals surface area contributed by atoms with Gasteiger partial charge in [0.15, 0.2) is 0 Å². The summed E-state index contributed by atoms with van der Waals surface area (Å²) in [5.74, 6) is 0.529. The van der Waals surface area contributed by atoms with Gasteiger partial charge in [-0.2, -0.15) is 5.10 Å². The molecule has 28 heavy (non-hydrogen) atoms. The second-order valence-corrected chi connectivity index (χ2v) is 8.79. The summed E-state index contributed by atoms with van der Waals surface area (Å²) in [7, 11) is 0. The zero-order valence-corrected chi connectivity index (χ0v) is 17.4. The summed E-state index contributed by atoms with van der Waals surface area (Å²) in [4.78, 5) is 16.1. The van der Waals surface area contributed by atoms with Crippen LogP contribution in [0, 0.1) is 5.92 Å². The molecular formula is C22H33N5O. The Morgan fingerprint density at radius 2 is 2.07 bits per heavy atom. The molecule has 1 saturated carbocycles. The largest absolute Gasteiger partial charge is 0.368 e. The number of nitrogens with zero attached hydrogens (tertiary/aromatic N) is 4. The zero-order valence-electron chi connectivity index (χ0n) is 17.4. The minimum absolute atomic E-state index is 0.171. The van der Waals surface area contributed by atoms with E-state index in [1.54, 1.807) is 0 Å². The van der Waals surface area contributed by atoms with Gasteiger partial charge in [-0.15, -0.1) is 0 Å². The number of urea groups is 1. The molecule has 0 spiro atoms. The molecule has 0 radical (unpaired) electrons. The lowest BCUT2D eigenvalue weighted by Crippen LogP contribution is -2.57. The number of aryl methyl sites for hydroxylation is 1. The Balaban J connectivity index is 1.64. The number of carbonyl (C=O) groups excluding carboxylic acids is 1. The van der Waals surface area contributed by atoms with Crippen LogP contribution < -0.4 is 10.6 Å². The predicted octanol–water partition coefficient (Wildman–Crippen LogP) is 3.94. The van der Waals surface area contributed by atoms with Crippen molar-refractivity contribution in [2.45, 2.75) is 65.0 Å². The molecule has 1 aliphatic carbocycles. The summed E-state index contributed by atoms with van der Waals surface area (Å²) in [6, 6.07) is 7.20. The number of hydrogen-bond donors (Lipinski definition) is 1. The summed E-state index contributed by atoms with van der Waals surface area (Å²) in [5.41, 5.74) is 9.33. The minimum Gasteiger partial charge on any atom is -0.368 e. The lowest BCUT2D eigenvalue weighted by Gasteiger charge is -2.42. The molecule has 152 valence electrons. The number of fused-ring (bicyclic) bond motifs is 1. The van der Waals surface area contributed by atoms with E-state index in [1.165, 1.54) is 41.5 Å². The van der Waals surface area contributed by atoms with Gasteiger partial charge in [-0.3, -0.25) is 4.68 Å². The first-order valence-corrected chi connectivity index (χ1v) is 10.8. The van der Waals surface area contributed by atoms with Crippen molar-refractivity contribution in [2.75, 3.05) is 24.5 Å². The Kier molecular flexibility index (Phi) is 5.21. The fourth-order valence-electron chi connectivity index (χ4n) is 4.68. The monoisotopic (exact) mass is 383 g/mol. The highest BCUT2D eigenvalue weighted by Crippen LogP contribution is 2.36. The molecule has 1 aromatic heterocycles. The summed E-state index contributed by atoms with van der Waals surface area (Å²) in [6.07, 6.45) is 5.71. The number of amides is 2. The van der Waals surface area contributed by atoms with Crippen molar-refractivity contribution < 1.29 is 4.79 Å². The number of primary amides is 1. The molecule has 2 fully saturated rings. The molecule has 1 aliphatic heterocycles. The van der Waals surface area contributed by atoms with Gasteiger partial charge < -0.3 is 15.5 Å². The summed E-state index contributed by atoms with van der Waals surface area (Å²) in [5, 5.41) is 6.22. The van der Waals surface area contributed by atoms with Crippen LogP contribution in [0.5, 0.6) is 0 Å². The van der Waals surface area contributed by atoms with Crippen LogP contribution in [-0.2, 0) is 6.42 Å². The van der Waals surface area contributed by atoms with Gasteiger partial charge in [0.1, 0.15) is 0 Å². The van der Waals surface area contributed by atoms with Gasteiger partial charge in [-0.1, -0.05) is 20.8 Å². The predicted molar refractivity (Wildman–Crippen MR) is 114 cm³/mol. The summed E-state index contributed by atoms with van der Waals surface area (Å²) >= 11 is 0. The number of aromatic nitrogens is 2. The van der Waals surface area contributed by atoms with Gasteiger partial charge in [-0.05, 0) is 56.2 Å². The number of anilines is 1. The Hall–Kier alpha value is -2.24. The van der Waals surface area contributed by atoms with Crippen molar-refractivity contribution in [1.82, 2.24) is 14.7 Å². The quantitative estimate of drug-likeness (QED) is 0.850. The van der Waals surface area contributed by atoms with Gasteiger partial charge >= 0.3 is 6.03 Å². The highest BCUT2D eigenvalue weighted by Gasteiger charge is 2.30. The van der Waals surface area contributed by atoms with E-state index < -0.39 is 0 Å². The molecule has 1 atom stereocenters. The molecule has 2 amide bonds. The van der Waals surface area contributed by atoms with E-state index in [9.17, 15) is 4.79 Å². The van der Waals surface area contributed by atoms with E-state index in [2.05, 4.69) is 48.6 Å². The Labute approximate surface area is 167 Å². The maximum Gasteiger partial charge on any atom is 0.315 e. The third kappa shape index (κ3) is 3.45. The Bertz CT molecular complexity index is 854. The summed E-state index contributed by atoms with van der Waals surface area (Å²) < 4.78 is 2.27. The second-order valence-electron chi connectivity index (χ2n) is 8.79. The highest BCUT2D eigenvalue weighted by atomic mass is 16.2. The van der Waals surface area contributed by atoms with Crippen LogP contribution in [0.2, 0.25) is 0 Å². The van der Waals surface area contributed by atoms with Crippen LogP contribution >= 0.6 is 0 Å². The number of rotatable bonds is 5. The molecule has 2 N–H and O–H groups in total. The normalized spacial score (nSPS) is 20.8. The smallest absolute Gasteiger partial charge is 0.315 e. The summed E-state index contributed by atoms with van der Waals surface area (Å²) in [6.45, 7) is 8.93. The molecule has 2 aromatic rings. The van der Waals surface area contributed by atoms with Crippen molar-refractivity contribution in [3.63, 3.8) is 0 Å². The van der Waals surface area contributed by atoms with Crippen LogP contribution in [-0.4, -0.2) is 46.4 Å². The van der Waals surface area contributed by atoms with Crippen molar-refractivity contribution >= 4 is 22.6 Å². The zero-order chi connectivity index (χ0) is 19.8. The number of piperazine rings is 1. The third-order valence-electron chi connectivity index (χ3n) is 6.40. The number of carbonyl (C=O) groups is 1. The maximum atomic E-state index is 11.9. The van der Waals surface area contributed by atoms with E-state index in [1.807, 2.05) is 4.90 Å². The molecule has 2 aliphatic rings.